The number of hydrogen-bond donors (Lipinski definition) is 1. The van der Waals surface area contributed by atoms with Crippen molar-refractivity contribution in [1.82, 2.24) is 0 Å². The van der Waals surface area contributed by atoms with Crippen molar-refractivity contribution < 1.29 is 14.6 Å². The van der Waals surface area contributed by atoms with Crippen LogP contribution in [0.4, 0.5) is 0 Å². The minimum Gasteiger partial charge on any atom is -0.458 e. The maximum atomic E-state index is 12.7. The van der Waals surface area contributed by atoms with E-state index in [2.05, 4.69) is 40.7 Å². The van der Waals surface area contributed by atoms with Crippen molar-refractivity contribution in [1.29, 1.82) is 0 Å². The van der Waals surface area contributed by atoms with E-state index in [-0.39, 0.29) is 23.6 Å². The Hall–Kier alpha value is -1.61. The smallest absolute Gasteiger partial charge is 0.338 e. The molecule has 0 saturated heterocycles. The van der Waals surface area contributed by atoms with Gasteiger partial charge in [-0.15, -0.1) is 0 Å². The highest BCUT2D eigenvalue weighted by Crippen LogP contribution is 2.67. The van der Waals surface area contributed by atoms with E-state index in [0.717, 1.165) is 37.0 Å². The molecule has 0 heterocycles. The summed E-state index contributed by atoms with van der Waals surface area (Å²) in [7, 11) is 0. The van der Waals surface area contributed by atoms with E-state index in [1.165, 1.54) is 50.5 Å². The molecule has 3 fully saturated rings. The lowest BCUT2D eigenvalue weighted by molar-refractivity contribution is -0.0978. The molecule has 0 amide bonds. The van der Waals surface area contributed by atoms with Gasteiger partial charge in [0.05, 0.1) is 11.7 Å². The Morgan fingerprint density at radius 2 is 1.76 bits per heavy atom. The number of aliphatic hydroxyl groups excluding tert-OH is 1. The molecular weight excluding hydrogens is 456 g/mol. The van der Waals surface area contributed by atoms with Gasteiger partial charge in [-0.25, -0.2) is 4.79 Å². The first-order valence-electron chi connectivity index (χ1n) is 15.3. The maximum Gasteiger partial charge on any atom is 0.338 e. The number of fused-ring (bicyclic) bond motifs is 5. The van der Waals surface area contributed by atoms with Gasteiger partial charge in [-0.1, -0.05) is 83.7 Å². The van der Waals surface area contributed by atoms with E-state index >= 15 is 0 Å². The first-order valence-corrected chi connectivity index (χ1v) is 15.3. The van der Waals surface area contributed by atoms with Crippen molar-refractivity contribution in [3.8, 4) is 0 Å². The van der Waals surface area contributed by atoms with Crippen LogP contribution in [0.1, 0.15) is 109 Å². The average molecular weight is 507 g/mol. The van der Waals surface area contributed by atoms with E-state index in [1.54, 1.807) is 0 Å². The minimum absolute atomic E-state index is 0.0906. The van der Waals surface area contributed by atoms with Crippen LogP contribution < -0.4 is 0 Å². The van der Waals surface area contributed by atoms with Crippen LogP contribution in [0.2, 0.25) is 0 Å². The Balaban J connectivity index is 1.29. The number of ether oxygens (including phenoxy) is 1. The summed E-state index contributed by atoms with van der Waals surface area (Å²) in [5.41, 5.74) is 2.46. The standard InChI is InChI=1S/C34H50O3/c1-22(2)10-9-11-23(3)27-14-15-28-31-29(17-19-34(27,28)5)33(4)18-16-26(20-25(33)21-30(31)35)37-32(36)24-12-7-6-8-13-24/h6-8,12-13,21-23,26-31,35H,9-11,14-20H2,1-5H3/t23-,26+,27+,28-,29-,30-,31-,33+,34-/m1/s1. The van der Waals surface area contributed by atoms with Gasteiger partial charge >= 0.3 is 5.97 Å². The molecule has 1 N–H and O–H groups in total. The van der Waals surface area contributed by atoms with Gasteiger partial charge in [0, 0.05) is 6.42 Å². The second-order valence-electron chi connectivity index (χ2n) is 14.1. The Morgan fingerprint density at radius 3 is 2.49 bits per heavy atom. The molecular formula is C34H50O3. The summed E-state index contributed by atoms with van der Waals surface area (Å²) < 4.78 is 5.95. The monoisotopic (exact) mass is 506 g/mol. The molecule has 1 aromatic carbocycles. The topological polar surface area (TPSA) is 46.5 Å². The average Bonchev–Trinajstić information content (AvgIpc) is 3.22. The van der Waals surface area contributed by atoms with E-state index in [1.807, 2.05) is 30.3 Å². The van der Waals surface area contributed by atoms with Crippen molar-refractivity contribution in [3.63, 3.8) is 0 Å². The molecule has 0 aromatic heterocycles. The van der Waals surface area contributed by atoms with Crippen molar-refractivity contribution >= 4 is 5.97 Å². The van der Waals surface area contributed by atoms with Crippen LogP contribution in [0.25, 0.3) is 0 Å². The number of benzene rings is 1. The first kappa shape index (κ1) is 27.0. The SMILES string of the molecule is CC(C)CCC[C@@H](C)[C@@H]1CC[C@@H]2[C@H]3[C@H](O)C=C4C[C@@H](OC(=O)c5ccccc5)CC[C@]4(C)[C@@H]3CC[C@@]21C. The van der Waals surface area contributed by atoms with Gasteiger partial charge in [0.1, 0.15) is 6.10 Å². The summed E-state index contributed by atoms with van der Waals surface area (Å²) in [6.07, 6.45) is 13.7. The fourth-order valence-corrected chi connectivity index (χ4v) is 9.53. The van der Waals surface area contributed by atoms with Crippen LogP contribution in [-0.2, 0) is 4.74 Å². The zero-order valence-corrected chi connectivity index (χ0v) is 23.9. The molecule has 0 unspecified atom stereocenters. The van der Waals surface area contributed by atoms with Crippen LogP contribution in [0.5, 0.6) is 0 Å². The molecule has 37 heavy (non-hydrogen) atoms. The molecule has 3 saturated carbocycles. The van der Waals surface area contributed by atoms with Gasteiger partial charge in [0.25, 0.3) is 0 Å². The first-order chi connectivity index (χ1) is 17.6. The molecule has 5 rings (SSSR count). The second-order valence-corrected chi connectivity index (χ2v) is 14.1. The zero-order chi connectivity index (χ0) is 26.4. The lowest BCUT2D eigenvalue weighted by Crippen LogP contribution is -2.55. The lowest BCUT2D eigenvalue weighted by Gasteiger charge is -2.59. The van der Waals surface area contributed by atoms with Crippen LogP contribution in [0.3, 0.4) is 0 Å². The van der Waals surface area contributed by atoms with Crippen LogP contribution in [-0.4, -0.2) is 23.3 Å². The zero-order valence-electron chi connectivity index (χ0n) is 23.9. The number of rotatable bonds is 7. The van der Waals surface area contributed by atoms with Gasteiger partial charge in [0.15, 0.2) is 0 Å². The predicted molar refractivity (Wildman–Crippen MR) is 150 cm³/mol. The molecule has 0 spiro atoms. The third-order valence-electron chi connectivity index (χ3n) is 11.6. The molecule has 0 aliphatic heterocycles. The Bertz CT molecular complexity index is 982. The minimum atomic E-state index is -0.365. The molecule has 204 valence electrons. The fourth-order valence-electron chi connectivity index (χ4n) is 9.53. The maximum absolute atomic E-state index is 12.7. The molecule has 0 bridgehead atoms. The third kappa shape index (κ3) is 4.95. The summed E-state index contributed by atoms with van der Waals surface area (Å²) in [5.74, 6) is 3.70. The van der Waals surface area contributed by atoms with E-state index in [9.17, 15) is 9.90 Å². The number of carbonyl (C=O) groups excluding carboxylic acids is 1. The normalized spacial score (nSPS) is 39.8. The lowest BCUT2D eigenvalue weighted by atomic mass is 9.46. The molecule has 3 heteroatoms. The van der Waals surface area contributed by atoms with E-state index in [0.29, 0.717) is 28.7 Å². The summed E-state index contributed by atoms with van der Waals surface area (Å²) >= 11 is 0. The van der Waals surface area contributed by atoms with Crippen LogP contribution in [0.15, 0.2) is 42.0 Å². The number of esters is 1. The van der Waals surface area contributed by atoms with Gasteiger partial charge in [-0.3, -0.25) is 0 Å². The fraction of sp³-hybridized carbons (Fsp3) is 0.735. The van der Waals surface area contributed by atoms with Crippen LogP contribution in [0, 0.1) is 46.3 Å². The van der Waals surface area contributed by atoms with E-state index in [4.69, 9.17) is 4.74 Å². The van der Waals surface area contributed by atoms with Gasteiger partial charge in [0.2, 0.25) is 0 Å². The Kier molecular flexibility index (Phi) is 7.66. The van der Waals surface area contributed by atoms with Crippen molar-refractivity contribution in [2.75, 3.05) is 0 Å². The van der Waals surface area contributed by atoms with Gasteiger partial charge in [-0.2, -0.15) is 0 Å². The predicted octanol–water partition coefficient (Wildman–Crippen LogP) is 8.22. The second kappa shape index (κ2) is 10.5. The van der Waals surface area contributed by atoms with Crippen molar-refractivity contribution in [2.45, 2.75) is 111 Å². The number of aliphatic hydroxyl groups is 1. The van der Waals surface area contributed by atoms with Crippen molar-refractivity contribution in [2.24, 2.45) is 46.3 Å². The molecule has 0 radical (unpaired) electrons. The molecule has 4 aliphatic carbocycles. The summed E-state index contributed by atoms with van der Waals surface area (Å²) in [6.45, 7) is 12.2. The van der Waals surface area contributed by atoms with Crippen molar-refractivity contribution in [3.05, 3.63) is 47.5 Å². The van der Waals surface area contributed by atoms with Gasteiger partial charge < -0.3 is 9.84 Å². The molecule has 4 aliphatic rings. The summed E-state index contributed by atoms with van der Waals surface area (Å²) in [4.78, 5) is 12.7. The van der Waals surface area contributed by atoms with E-state index < -0.39 is 0 Å². The quantitative estimate of drug-likeness (QED) is 0.299. The molecule has 9 atom stereocenters. The van der Waals surface area contributed by atoms with Crippen LogP contribution >= 0.6 is 0 Å². The summed E-state index contributed by atoms with van der Waals surface area (Å²) in [6, 6.07) is 9.32. The summed E-state index contributed by atoms with van der Waals surface area (Å²) in [5, 5.41) is 11.6. The Labute approximate surface area is 225 Å². The highest BCUT2D eigenvalue weighted by Gasteiger charge is 2.61. The van der Waals surface area contributed by atoms with Gasteiger partial charge in [-0.05, 0) is 97.0 Å². The molecule has 1 aromatic rings. The Morgan fingerprint density at radius 1 is 1.00 bits per heavy atom. The largest absolute Gasteiger partial charge is 0.458 e. The number of carbonyl (C=O) groups is 1. The number of hydrogen-bond acceptors (Lipinski definition) is 3. The highest BCUT2D eigenvalue weighted by molar-refractivity contribution is 5.89. The third-order valence-corrected chi connectivity index (χ3v) is 11.6. The highest BCUT2D eigenvalue weighted by atomic mass is 16.5. The molecule has 3 nitrogen and oxygen atoms in total.